The number of carbonyl (C=O) groups excluding carboxylic acids is 1. The summed E-state index contributed by atoms with van der Waals surface area (Å²) < 4.78 is 5.88. The molecule has 0 aromatic heterocycles. The van der Waals surface area contributed by atoms with E-state index in [0.29, 0.717) is 6.42 Å². The van der Waals surface area contributed by atoms with Crippen molar-refractivity contribution in [3.05, 3.63) is 54.1 Å². The van der Waals surface area contributed by atoms with Crippen molar-refractivity contribution in [3.8, 4) is 5.75 Å². The lowest BCUT2D eigenvalue weighted by Crippen LogP contribution is -2.32. The second-order valence-electron chi connectivity index (χ2n) is 5.43. The van der Waals surface area contributed by atoms with Gasteiger partial charge in [0.15, 0.2) is 6.10 Å². The van der Waals surface area contributed by atoms with E-state index in [1.54, 1.807) is 11.8 Å². The Hall–Kier alpha value is -1.94. The second kappa shape index (κ2) is 9.38. The molecule has 0 unspecified atom stereocenters. The van der Waals surface area contributed by atoms with Crippen LogP contribution in [-0.4, -0.2) is 17.8 Å². The largest absolute Gasteiger partial charge is 0.481 e. The van der Waals surface area contributed by atoms with Crippen LogP contribution >= 0.6 is 11.8 Å². The number of rotatable bonds is 8. The summed E-state index contributed by atoms with van der Waals surface area (Å²) in [7, 11) is 0. The van der Waals surface area contributed by atoms with E-state index in [2.05, 4.69) is 19.2 Å². The summed E-state index contributed by atoms with van der Waals surface area (Å²) in [5, 5.41) is 3.00. The first-order valence-electron chi connectivity index (χ1n) is 8.46. The summed E-state index contributed by atoms with van der Waals surface area (Å²) >= 11 is 1.72. The Morgan fingerprint density at radius 1 is 1.08 bits per heavy atom. The van der Waals surface area contributed by atoms with Crippen molar-refractivity contribution in [1.82, 2.24) is 0 Å². The molecule has 0 aliphatic rings. The number of hydrogen-bond acceptors (Lipinski definition) is 3. The predicted octanol–water partition coefficient (Wildman–Crippen LogP) is 5.16. The van der Waals surface area contributed by atoms with Gasteiger partial charge in [0.2, 0.25) is 0 Å². The van der Waals surface area contributed by atoms with Gasteiger partial charge in [0.25, 0.3) is 5.91 Å². The molecule has 0 bridgehead atoms. The molecule has 0 aliphatic heterocycles. The van der Waals surface area contributed by atoms with Gasteiger partial charge < -0.3 is 10.1 Å². The van der Waals surface area contributed by atoms with Crippen LogP contribution in [0.25, 0.3) is 0 Å². The first kappa shape index (κ1) is 18.4. The Morgan fingerprint density at radius 2 is 1.79 bits per heavy atom. The van der Waals surface area contributed by atoms with Crippen molar-refractivity contribution >= 4 is 23.4 Å². The summed E-state index contributed by atoms with van der Waals surface area (Å²) in [6, 6.07) is 15.8. The third-order valence-electron chi connectivity index (χ3n) is 3.72. The normalized spacial score (nSPS) is 11.8. The number of ether oxygens (including phenoxy) is 1. The number of thioether (sulfide) groups is 1. The lowest BCUT2D eigenvalue weighted by atomic mass is 10.1. The maximum atomic E-state index is 12.6. The van der Waals surface area contributed by atoms with Crippen molar-refractivity contribution in [2.75, 3.05) is 11.1 Å². The van der Waals surface area contributed by atoms with E-state index in [4.69, 9.17) is 4.74 Å². The molecule has 3 nitrogen and oxygen atoms in total. The van der Waals surface area contributed by atoms with Gasteiger partial charge in [-0.15, -0.1) is 11.8 Å². The molecule has 1 amide bonds. The SMILES string of the molecule is CCSc1ccccc1NC(=O)[C@@H](CC)Oc1ccc(CC)cc1. The lowest BCUT2D eigenvalue weighted by molar-refractivity contribution is -0.122. The number of aryl methyl sites for hydroxylation is 1. The fourth-order valence-corrected chi connectivity index (χ4v) is 3.12. The summed E-state index contributed by atoms with van der Waals surface area (Å²) in [4.78, 5) is 13.7. The summed E-state index contributed by atoms with van der Waals surface area (Å²) in [6.45, 7) is 6.17. The van der Waals surface area contributed by atoms with Crippen molar-refractivity contribution in [2.45, 2.75) is 44.6 Å². The maximum Gasteiger partial charge on any atom is 0.265 e. The number of carbonyl (C=O) groups is 1. The molecular weight excluding hydrogens is 318 g/mol. The van der Waals surface area contributed by atoms with E-state index in [-0.39, 0.29) is 5.91 Å². The molecule has 0 fully saturated rings. The molecule has 0 aliphatic carbocycles. The summed E-state index contributed by atoms with van der Waals surface area (Å²) in [5.41, 5.74) is 2.10. The molecule has 4 heteroatoms. The number of hydrogen-bond donors (Lipinski definition) is 1. The minimum atomic E-state index is -0.503. The molecule has 2 aromatic rings. The van der Waals surface area contributed by atoms with E-state index in [1.165, 1.54) is 5.56 Å². The van der Waals surface area contributed by atoms with Crippen LogP contribution in [0.4, 0.5) is 5.69 Å². The van der Waals surface area contributed by atoms with E-state index in [9.17, 15) is 4.79 Å². The zero-order valence-corrected chi connectivity index (χ0v) is 15.4. The average Bonchev–Trinajstić information content (AvgIpc) is 2.62. The van der Waals surface area contributed by atoms with Crippen LogP contribution in [0.1, 0.15) is 32.8 Å². The molecule has 0 saturated heterocycles. The highest BCUT2D eigenvalue weighted by Gasteiger charge is 2.19. The number of para-hydroxylation sites is 1. The Kier molecular flexibility index (Phi) is 7.19. The molecule has 1 N–H and O–H groups in total. The first-order chi connectivity index (χ1) is 11.7. The fraction of sp³-hybridized carbons (Fsp3) is 0.350. The van der Waals surface area contributed by atoms with Crippen molar-refractivity contribution < 1.29 is 9.53 Å². The minimum Gasteiger partial charge on any atom is -0.481 e. The fourth-order valence-electron chi connectivity index (χ4n) is 2.35. The highest BCUT2D eigenvalue weighted by molar-refractivity contribution is 7.99. The van der Waals surface area contributed by atoms with Gasteiger partial charge in [0.05, 0.1) is 5.69 Å². The van der Waals surface area contributed by atoms with Gasteiger partial charge in [0.1, 0.15) is 5.75 Å². The smallest absolute Gasteiger partial charge is 0.265 e. The van der Waals surface area contributed by atoms with Gasteiger partial charge in [-0.25, -0.2) is 0 Å². The van der Waals surface area contributed by atoms with Gasteiger partial charge in [-0.3, -0.25) is 4.79 Å². The lowest BCUT2D eigenvalue weighted by Gasteiger charge is -2.18. The van der Waals surface area contributed by atoms with Crippen LogP contribution < -0.4 is 10.1 Å². The number of benzene rings is 2. The van der Waals surface area contributed by atoms with E-state index < -0.39 is 6.10 Å². The maximum absolute atomic E-state index is 12.6. The van der Waals surface area contributed by atoms with Crippen LogP contribution in [0.15, 0.2) is 53.4 Å². The number of anilines is 1. The topological polar surface area (TPSA) is 38.3 Å². The molecule has 0 heterocycles. The Labute approximate surface area is 148 Å². The first-order valence-corrected chi connectivity index (χ1v) is 9.44. The molecular formula is C20H25NO2S. The van der Waals surface area contributed by atoms with Gasteiger partial charge in [0, 0.05) is 4.90 Å². The molecule has 1 atom stereocenters. The quantitative estimate of drug-likeness (QED) is 0.673. The minimum absolute atomic E-state index is 0.110. The van der Waals surface area contributed by atoms with E-state index >= 15 is 0 Å². The van der Waals surface area contributed by atoms with Gasteiger partial charge >= 0.3 is 0 Å². The third-order valence-corrected chi connectivity index (χ3v) is 4.67. The highest BCUT2D eigenvalue weighted by atomic mass is 32.2. The molecule has 24 heavy (non-hydrogen) atoms. The van der Waals surface area contributed by atoms with E-state index in [1.807, 2.05) is 55.5 Å². The zero-order valence-electron chi connectivity index (χ0n) is 14.5. The highest BCUT2D eigenvalue weighted by Crippen LogP contribution is 2.27. The van der Waals surface area contributed by atoms with Crippen LogP contribution in [-0.2, 0) is 11.2 Å². The van der Waals surface area contributed by atoms with E-state index in [0.717, 1.165) is 28.5 Å². The second-order valence-corrected chi connectivity index (χ2v) is 6.74. The Morgan fingerprint density at radius 3 is 2.42 bits per heavy atom. The number of amides is 1. The standard InChI is InChI=1S/C20H25NO2S/c1-4-15-11-13-16(14-12-15)23-18(5-2)20(22)21-17-9-7-8-10-19(17)24-6-3/h7-14,18H,4-6H2,1-3H3,(H,21,22)/t18-/m1/s1. The Balaban J connectivity index is 2.05. The average molecular weight is 343 g/mol. The monoisotopic (exact) mass is 343 g/mol. The van der Waals surface area contributed by atoms with Crippen molar-refractivity contribution in [1.29, 1.82) is 0 Å². The predicted molar refractivity (Wildman–Crippen MR) is 102 cm³/mol. The van der Waals surface area contributed by atoms with Gasteiger partial charge in [-0.05, 0) is 48.4 Å². The van der Waals surface area contributed by atoms with Crippen LogP contribution in [0.3, 0.4) is 0 Å². The molecule has 0 radical (unpaired) electrons. The summed E-state index contributed by atoms with van der Waals surface area (Å²) in [5.74, 6) is 1.58. The molecule has 0 spiro atoms. The summed E-state index contributed by atoms with van der Waals surface area (Å²) in [6.07, 6.45) is 1.10. The van der Waals surface area contributed by atoms with Crippen LogP contribution in [0, 0.1) is 0 Å². The van der Waals surface area contributed by atoms with Crippen molar-refractivity contribution in [2.24, 2.45) is 0 Å². The van der Waals surface area contributed by atoms with Crippen LogP contribution in [0.5, 0.6) is 5.75 Å². The number of nitrogens with one attached hydrogen (secondary N) is 1. The molecule has 2 aromatic carbocycles. The molecule has 128 valence electrons. The Bertz CT molecular complexity index is 655. The molecule has 2 rings (SSSR count). The third kappa shape index (κ3) is 5.03. The molecule has 0 saturated carbocycles. The van der Waals surface area contributed by atoms with Gasteiger partial charge in [-0.2, -0.15) is 0 Å². The van der Waals surface area contributed by atoms with Crippen molar-refractivity contribution in [3.63, 3.8) is 0 Å². The van der Waals surface area contributed by atoms with Gasteiger partial charge in [-0.1, -0.05) is 45.0 Å². The van der Waals surface area contributed by atoms with Crippen LogP contribution in [0.2, 0.25) is 0 Å². The zero-order chi connectivity index (χ0) is 17.4.